The van der Waals surface area contributed by atoms with Gasteiger partial charge in [-0.3, -0.25) is 14.9 Å². The molecule has 0 aliphatic carbocycles. The number of amides is 1. The molecule has 9 nitrogen and oxygen atoms in total. The highest BCUT2D eigenvalue weighted by Crippen LogP contribution is 2.25. The molecule has 0 bridgehead atoms. The fourth-order valence-corrected chi connectivity index (χ4v) is 3.37. The summed E-state index contributed by atoms with van der Waals surface area (Å²) in [5, 5.41) is 13.9. The summed E-state index contributed by atoms with van der Waals surface area (Å²) in [6, 6.07) is 11.7. The van der Waals surface area contributed by atoms with E-state index in [0.717, 1.165) is 30.0 Å². The average Bonchev–Trinajstić information content (AvgIpc) is 2.67. The first-order valence-electron chi connectivity index (χ1n) is 8.55. The Labute approximate surface area is 167 Å². The van der Waals surface area contributed by atoms with Crippen molar-refractivity contribution in [1.29, 1.82) is 0 Å². The van der Waals surface area contributed by atoms with Gasteiger partial charge in [0, 0.05) is 12.3 Å². The van der Waals surface area contributed by atoms with E-state index in [4.69, 9.17) is 4.74 Å². The van der Waals surface area contributed by atoms with E-state index in [-0.39, 0.29) is 11.6 Å². The highest BCUT2D eigenvalue weighted by atomic mass is 32.2. The van der Waals surface area contributed by atoms with Crippen LogP contribution in [0.5, 0.6) is 0 Å². The van der Waals surface area contributed by atoms with Crippen LogP contribution in [-0.2, 0) is 19.4 Å². The van der Waals surface area contributed by atoms with E-state index in [1.165, 1.54) is 6.92 Å². The Morgan fingerprint density at radius 1 is 1.10 bits per heavy atom. The fraction of sp³-hybridized carbons (Fsp3) is 0.263. The van der Waals surface area contributed by atoms with Gasteiger partial charge < -0.3 is 10.1 Å². The number of esters is 1. The topological polar surface area (TPSA) is 133 Å². The van der Waals surface area contributed by atoms with Gasteiger partial charge in [-0.25, -0.2) is 13.2 Å². The molecule has 0 aliphatic heterocycles. The molecule has 29 heavy (non-hydrogen) atoms. The van der Waals surface area contributed by atoms with E-state index >= 15 is 0 Å². The predicted octanol–water partition coefficient (Wildman–Crippen LogP) is 2.42. The first kappa shape index (κ1) is 22.0. The molecule has 0 spiro atoms. The van der Waals surface area contributed by atoms with Crippen molar-refractivity contribution in [3.05, 3.63) is 69.8 Å². The Morgan fingerprint density at radius 2 is 1.72 bits per heavy atom. The molecule has 0 aromatic heterocycles. The summed E-state index contributed by atoms with van der Waals surface area (Å²) in [7, 11) is -3.86. The minimum atomic E-state index is -3.86. The largest absolute Gasteiger partial charge is 0.449 e. The van der Waals surface area contributed by atoms with Crippen molar-refractivity contribution < 1.29 is 27.7 Å². The number of benzene rings is 2. The van der Waals surface area contributed by atoms with Gasteiger partial charge >= 0.3 is 5.97 Å². The zero-order valence-corrected chi connectivity index (χ0v) is 16.8. The standard InChI is InChI=1S/C19H20N2O7S/c1-12(14-7-5-4-6-8-14)20-18(22)13(2)28-19(23)15-9-10-17(29(3,26)27)16(11-15)21(24)25/h4-13H,1-3H3,(H,20,22). The lowest BCUT2D eigenvalue weighted by Gasteiger charge is -2.18. The summed E-state index contributed by atoms with van der Waals surface area (Å²) in [5.74, 6) is -1.53. The first-order chi connectivity index (χ1) is 13.5. The molecule has 0 radical (unpaired) electrons. The molecular formula is C19H20N2O7S. The van der Waals surface area contributed by atoms with Crippen LogP contribution in [0.2, 0.25) is 0 Å². The number of sulfone groups is 1. The molecule has 0 aliphatic rings. The number of rotatable bonds is 7. The van der Waals surface area contributed by atoms with E-state index in [1.807, 2.05) is 30.3 Å². The number of carbonyl (C=O) groups excluding carboxylic acids is 2. The van der Waals surface area contributed by atoms with Gasteiger partial charge in [0.15, 0.2) is 15.9 Å². The van der Waals surface area contributed by atoms with E-state index < -0.39 is 43.3 Å². The predicted molar refractivity (Wildman–Crippen MR) is 104 cm³/mol. The molecule has 2 atom stereocenters. The third-order valence-electron chi connectivity index (χ3n) is 4.10. The monoisotopic (exact) mass is 420 g/mol. The van der Waals surface area contributed by atoms with Crippen molar-refractivity contribution in [2.24, 2.45) is 0 Å². The normalized spacial score (nSPS) is 13.2. The summed E-state index contributed by atoms with van der Waals surface area (Å²) in [5.41, 5.74) is -0.108. The first-order valence-corrected chi connectivity index (χ1v) is 10.4. The molecule has 0 heterocycles. The average molecular weight is 420 g/mol. The lowest BCUT2D eigenvalue weighted by molar-refractivity contribution is -0.387. The quantitative estimate of drug-likeness (QED) is 0.413. The summed E-state index contributed by atoms with van der Waals surface area (Å²) in [6.45, 7) is 3.14. The molecule has 2 unspecified atom stereocenters. The van der Waals surface area contributed by atoms with Gasteiger partial charge in [0.2, 0.25) is 0 Å². The van der Waals surface area contributed by atoms with Crippen molar-refractivity contribution in [1.82, 2.24) is 5.32 Å². The Balaban J connectivity index is 2.12. The van der Waals surface area contributed by atoms with Crippen molar-refractivity contribution in [2.45, 2.75) is 30.9 Å². The number of hydrogen-bond acceptors (Lipinski definition) is 7. The molecule has 2 aromatic carbocycles. The lowest BCUT2D eigenvalue weighted by atomic mass is 10.1. The van der Waals surface area contributed by atoms with Gasteiger partial charge in [-0.05, 0) is 31.5 Å². The van der Waals surface area contributed by atoms with Crippen LogP contribution in [0.25, 0.3) is 0 Å². The molecule has 10 heteroatoms. The molecule has 1 amide bonds. The van der Waals surface area contributed by atoms with Crippen molar-refractivity contribution in [2.75, 3.05) is 6.26 Å². The number of ether oxygens (including phenoxy) is 1. The maximum atomic E-state index is 12.3. The van der Waals surface area contributed by atoms with Gasteiger partial charge in [0.05, 0.1) is 16.5 Å². The van der Waals surface area contributed by atoms with Crippen LogP contribution in [0.1, 0.15) is 35.8 Å². The summed E-state index contributed by atoms with van der Waals surface area (Å²) >= 11 is 0. The third kappa shape index (κ3) is 5.61. The molecule has 2 rings (SSSR count). The Kier molecular flexibility index (Phi) is 6.70. The Morgan fingerprint density at radius 3 is 2.28 bits per heavy atom. The number of nitrogens with zero attached hydrogens (tertiary/aromatic N) is 1. The molecule has 154 valence electrons. The van der Waals surface area contributed by atoms with Crippen LogP contribution in [-0.4, -0.2) is 37.6 Å². The van der Waals surface area contributed by atoms with Gasteiger partial charge in [0.1, 0.15) is 4.90 Å². The van der Waals surface area contributed by atoms with Crippen LogP contribution < -0.4 is 5.32 Å². The summed E-state index contributed by atoms with van der Waals surface area (Å²) < 4.78 is 28.4. The zero-order valence-electron chi connectivity index (χ0n) is 16.0. The second-order valence-electron chi connectivity index (χ2n) is 6.40. The minimum Gasteiger partial charge on any atom is -0.449 e. The minimum absolute atomic E-state index is 0.236. The van der Waals surface area contributed by atoms with Crippen LogP contribution in [0.15, 0.2) is 53.4 Å². The van der Waals surface area contributed by atoms with Crippen molar-refractivity contribution in [3.8, 4) is 0 Å². The van der Waals surface area contributed by atoms with E-state index in [9.17, 15) is 28.1 Å². The zero-order chi connectivity index (χ0) is 21.8. The number of hydrogen-bond donors (Lipinski definition) is 1. The van der Waals surface area contributed by atoms with Gasteiger partial charge in [-0.2, -0.15) is 0 Å². The Hall–Kier alpha value is -3.27. The van der Waals surface area contributed by atoms with E-state index in [0.29, 0.717) is 0 Å². The van der Waals surface area contributed by atoms with Crippen LogP contribution in [0, 0.1) is 10.1 Å². The lowest BCUT2D eigenvalue weighted by Crippen LogP contribution is -2.37. The van der Waals surface area contributed by atoms with Gasteiger partial charge in [0.25, 0.3) is 11.6 Å². The molecule has 0 saturated carbocycles. The maximum absolute atomic E-state index is 12.3. The van der Waals surface area contributed by atoms with Crippen LogP contribution >= 0.6 is 0 Å². The number of nitro groups is 1. The fourth-order valence-electron chi connectivity index (χ4n) is 2.54. The van der Waals surface area contributed by atoms with E-state index in [2.05, 4.69) is 5.32 Å². The van der Waals surface area contributed by atoms with Crippen LogP contribution in [0.3, 0.4) is 0 Å². The van der Waals surface area contributed by atoms with Gasteiger partial charge in [-0.15, -0.1) is 0 Å². The smallest absolute Gasteiger partial charge is 0.339 e. The molecule has 0 saturated heterocycles. The number of carbonyl (C=O) groups is 2. The molecular weight excluding hydrogens is 400 g/mol. The second kappa shape index (κ2) is 8.82. The second-order valence-corrected chi connectivity index (χ2v) is 8.38. The number of nitro benzene ring substituents is 1. The third-order valence-corrected chi connectivity index (χ3v) is 5.25. The molecule has 0 fully saturated rings. The highest BCUT2D eigenvalue weighted by Gasteiger charge is 2.26. The maximum Gasteiger partial charge on any atom is 0.339 e. The Bertz CT molecular complexity index is 1040. The van der Waals surface area contributed by atoms with Crippen molar-refractivity contribution in [3.63, 3.8) is 0 Å². The molecule has 2 aromatic rings. The molecule has 1 N–H and O–H groups in total. The van der Waals surface area contributed by atoms with Gasteiger partial charge in [-0.1, -0.05) is 30.3 Å². The highest BCUT2D eigenvalue weighted by molar-refractivity contribution is 7.90. The van der Waals surface area contributed by atoms with Crippen LogP contribution in [0.4, 0.5) is 5.69 Å². The summed E-state index contributed by atoms with van der Waals surface area (Å²) in [6.07, 6.45) is -0.338. The SMILES string of the molecule is CC(OC(=O)c1ccc(S(C)(=O)=O)c([N+](=O)[O-])c1)C(=O)NC(C)c1ccccc1. The van der Waals surface area contributed by atoms with E-state index in [1.54, 1.807) is 6.92 Å². The van der Waals surface area contributed by atoms with Crippen molar-refractivity contribution >= 4 is 27.4 Å². The number of nitrogens with one attached hydrogen (secondary N) is 1. The summed E-state index contributed by atoms with van der Waals surface area (Å²) in [4.78, 5) is 34.3.